The number of rotatable bonds is 2. The molecule has 3 N–H and O–H groups in total. The second kappa shape index (κ2) is 2.56. The van der Waals surface area contributed by atoms with Crippen molar-refractivity contribution < 1.29 is 4.79 Å². The number of carbonyl (C=O) groups excluding carboxylic acids is 1. The molecule has 1 aromatic heterocycles. The Morgan fingerprint density at radius 3 is 3.08 bits per heavy atom. The Morgan fingerprint density at radius 1 is 1.75 bits per heavy atom. The van der Waals surface area contributed by atoms with Crippen LogP contribution in [0, 0.1) is 0 Å². The molecule has 2 atom stereocenters. The van der Waals surface area contributed by atoms with Gasteiger partial charge in [-0.05, 0) is 0 Å². The second-order valence-corrected chi connectivity index (χ2v) is 2.76. The summed E-state index contributed by atoms with van der Waals surface area (Å²) < 4.78 is 1.64. The van der Waals surface area contributed by atoms with Crippen molar-refractivity contribution in [2.45, 2.75) is 18.6 Å². The lowest BCUT2D eigenvalue weighted by Crippen LogP contribution is -2.67. The summed E-state index contributed by atoms with van der Waals surface area (Å²) >= 11 is 0. The van der Waals surface area contributed by atoms with E-state index in [1.54, 1.807) is 11.0 Å². The number of carbonyl (C=O) groups is 1. The Kier molecular flexibility index (Phi) is 1.54. The van der Waals surface area contributed by atoms with Crippen LogP contribution >= 0.6 is 0 Å². The Morgan fingerprint density at radius 2 is 2.58 bits per heavy atom. The van der Waals surface area contributed by atoms with Crippen LogP contribution in [0.2, 0.25) is 0 Å². The molecule has 1 aliphatic rings. The molecule has 1 fully saturated rings. The number of amides is 1. The van der Waals surface area contributed by atoms with Crippen LogP contribution in [-0.4, -0.2) is 32.8 Å². The SMILES string of the molecule is NC1C(=O)NC1Cn1cncn1. The number of nitrogens with two attached hydrogens (primary N) is 1. The minimum atomic E-state index is -0.394. The normalized spacial score (nSPS) is 27.9. The summed E-state index contributed by atoms with van der Waals surface area (Å²) in [5.41, 5.74) is 5.51. The minimum Gasteiger partial charge on any atom is -0.348 e. The molecule has 6 heteroatoms. The molecule has 6 nitrogen and oxygen atoms in total. The maximum atomic E-state index is 10.7. The van der Waals surface area contributed by atoms with Gasteiger partial charge in [0.15, 0.2) is 0 Å². The number of hydrogen-bond acceptors (Lipinski definition) is 4. The van der Waals surface area contributed by atoms with E-state index in [0.717, 1.165) is 0 Å². The van der Waals surface area contributed by atoms with E-state index in [0.29, 0.717) is 6.54 Å². The first-order valence-corrected chi connectivity index (χ1v) is 3.66. The fourth-order valence-electron chi connectivity index (χ4n) is 1.14. The zero-order valence-corrected chi connectivity index (χ0v) is 6.34. The predicted molar refractivity (Wildman–Crippen MR) is 39.9 cm³/mol. The zero-order valence-electron chi connectivity index (χ0n) is 6.34. The first kappa shape index (κ1) is 7.23. The highest BCUT2D eigenvalue weighted by Gasteiger charge is 2.36. The number of nitrogens with zero attached hydrogens (tertiary/aromatic N) is 3. The highest BCUT2D eigenvalue weighted by Crippen LogP contribution is 2.04. The fourth-order valence-corrected chi connectivity index (χ4v) is 1.14. The fraction of sp³-hybridized carbons (Fsp3) is 0.500. The second-order valence-electron chi connectivity index (χ2n) is 2.76. The van der Waals surface area contributed by atoms with Crippen LogP contribution in [0.15, 0.2) is 12.7 Å². The molecule has 0 aliphatic carbocycles. The molecule has 0 bridgehead atoms. The van der Waals surface area contributed by atoms with Gasteiger partial charge in [-0.1, -0.05) is 0 Å². The van der Waals surface area contributed by atoms with Crippen LogP contribution in [0.5, 0.6) is 0 Å². The summed E-state index contributed by atoms with van der Waals surface area (Å²) in [6.07, 6.45) is 3.04. The van der Waals surface area contributed by atoms with Gasteiger partial charge in [0.25, 0.3) is 0 Å². The van der Waals surface area contributed by atoms with Crippen molar-refractivity contribution in [1.82, 2.24) is 20.1 Å². The molecule has 0 radical (unpaired) electrons. The van der Waals surface area contributed by atoms with E-state index in [4.69, 9.17) is 5.73 Å². The maximum Gasteiger partial charge on any atom is 0.239 e. The maximum absolute atomic E-state index is 10.7. The zero-order chi connectivity index (χ0) is 8.55. The van der Waals surface area contributed by atoms with Crippen molar-refractivity contribution in [3.63, 3.8) is 0 Å². The molecule has 1 amide bonds. The quantitative estimate of drug-likeness (QED) is 0.504. The highest BCUT2D eigenvalue weighted by molar-refractivity contribution is 5.88. The summed E-state index contributed by atoms with van der Waals surface area (Å²) in [5.74, 6) is -0.0971. The van der Waals surface area contributed by atoms with Crippen LogP contribution in [0.1, 0.15) is 0 Å². The first-order chi connectivity index (χ1) is 5.77. The molecule has 0 aromatic carbocycles. The monoisotopic (exact) mass is 167 g/mol. The van der Waals surface area contributed by atoms with E-state index in [1.165, 1.54) is 6.33 Å². The standard InChI is InChI=1S/C6H9N5O/c7-5-4(10-6(5)12)1-11-3-8-2-9-11/h2-5H,1,7H2,(H,10,12). The predicted octanol–water partition coefficient (Wildman–Crippen LogP) is -1.90. The smallest absolute Gasteiger partial charge is 0.239 e. The van der Waals surface area contributed by atoms with Gasteiger partial charge in [0.05, 0.1) is 12.6 Å². The molecule has 12 heavy (non-hydrogen) atoms. The topological polar surface area (TPSA) is 85.8 Å². The van der Waals surface area contributed by atoms with E-state index >= 15 is 0 Å². The highest BCUT2D eigenvalue weighted by atomic mass is 16.2. The van der Waals surface area contributed by atoms with Gasteiger partial charge in [0.2, 0.25) is 5.91 Å². The third-order valence-corrected chi connectivity index (χ3v) is 1.91. The first-order valence-electron chi connectivity index (χ1n) is 3.66. The van der Waals surface area contributed by atoms with E-state index < -0.39 is 6.04 Å². The minimum absolute atomic E-state index is 0.000741. The Labute approximate surface area is 68.8 Å². The Bertz CT molecular complexity index is 282. The number of β-lactam (4-membered cyclic amide) rings is 1. The summed E-state index contributed by atoms with van der Waals surface area (Å²) in [6.45, 7) is 0.590. The molecular formula is C6H9N5O. The lowest BCUT2D eigenvalue weighted by Gasteiger charge is -2.33. The molecule has 0 saturated carbocycles. The molecule has 2 rings (SSSR count). The van der Waals surface area contributed by atoms with Crippen molar-refractivity contribution in [1.29, 1.82) is 0 Å². The average Bonchev–Trinajstić information content (AvgIpc) is 2.56. The Hall–Kier alpha value is -1.43. The van der Waals surface area contributed by atoms with Crippen molar-refractivity contribution in [2.24, 2.45) is 5.73 Å². The molecular weight excluding hydrogens is 158 g/mol. The number of hydrogen-bond donors (Lipinski definition) is 2. The van der Waals surface area contributed by atoms with Crippen LogP contribution in [0.25, 0.3) is 0 Å². The largest absolute Gasteiger partial charge is 0.348 e. The van der Waals surface area contributed by atoms with Crippen molar-refractivity contribution in [3.05, 3.63) is 12.7 Å². The van der Waals surface area contributed by atoms with E-state index in [2.05, 4.69) is 15.4 Å². The summed E-state index contributed by atoms with van der Waals surface area (Å²) in [7, 11) is 0. The molecule has 1 aliphatic heterocycles. The molecule has 1 saturated heterocycles. The van der Waals surface area contributed by atoms with Gasteiger partial charge in [-0.3, -0.25) is 9.48 Å². The van der Waals surface area contributed by atoms with Crippen LogP contribution < -0.4 is 11.1 Å². The molecule has 2 unspecified atom stereocenters. The van der Waals surface area contributed by atoms with Crippen molar-refractivity contribution >= 4 is 5.91 Å². The summed E-state index contributed by atoms with van der Waals surface area (Å²) in [6, 6.07) is -0.395. The van der Waals surface area contributed by atoms with E-state index in [9.17, 15) is 4.79 Å². The lowest BCUT2D eigenvalue weighted by molar-refractivity contribution is -0.130. The Balaban J connectivity index is 1.94. The molecule has 0 spiro atoms. The van der Waals surface area contributed by atoms with Crippen LogP contribution in [0.3, 0.4) is 0 Å². The molecule has 2 heterocycles. The summed E-state index contributed by atoms with van der Waals surface area (Å²) in [5, 5.41) is 6.57. The number of nitrogens with one attached hydrogen (secondary N) is 1. The third-order valence-electron chi connectivity index (χ3n) is 1.91. The van der Waals surface area contributed by atoms with E-state index in [-0.39, 0.29) is 11.9 Å². The van der Waals surface area contributed by atoms with Gasteiger partial charge in [0, 0.05) is 0 Å². The van der Waals surface area contributed by atoms with Gasteiger partial charge >= 0.3 is 0 Å². The van der Waals surface area contributed by atoms with Gasteiger partial charge in [-0.2, -0.15) is 5.10 Å². The van der Waals surface area contributed by atoms with Crippen LogP contribution in [-0.2, 0) is 11.3 Å². The van der Waals surface area contributed by atoms with Crippen molar-refractivity contribution in [3.8, 4) is 0 Å². The van der Waals surface area contributed by atoms with Gasteiger partial charge in [0.1, 0.15) is 18.7 Å². The number of aromatic nitrogens is 3. The summed E-state index contributed by atoms with van der Waals surface area (Å²) in [4.78, 5) is 14.5. The van der Waals surface area contributed by atoms with Crippen molar-refractivity contribution in [2.75, 3.05) is 0 Å². The van der Waals surface area contributed by atoms with Gasteiger partial charge < -0.3 is 11.1 Å². The van der Waals surface area contributed by atoms with Crippen LogP contribution in [0.4, 0.5) is 0 Å². The molecule has 1 aromatic rings. The average molecular weight is 167 g/mol. The van der Waals surface area contributed by atoms with E-state index in [1.807, 2.05) is 0 Å². The molecule has 64 valence electrons. The third kappa shape index (κ3) is 1.06. The van der Waals surface area contributed by atoms with Gasteiger partial charge in [-0.25, -0.2) is 4.98 Å². The lowest BCUT2D eigenvalue weighted by atomic mass is 10.0. The van der Waals surface area contributed by atoms with Gasteiger partial charge in [-0.15, -0.1) is 0 Å².